The highest BCUT2D eigenvalue weighted by Gasteiger charge is 2.42. The van der Waals surface area contributed by atoms with Gasteiger partial charge in [-0.3, -0.25) is 4.79 Å². The number of hydrogen-bond acceptors (Lipinski definition) is 3. The Morgan fingerprint density at radius 3 is 2.35 bits per heavy atom. The van der Waals surface area contributed by atoms with Crippen LogP contribution in [-0.2, 0) is 11.8 Å². The topological polar surface area (TPSA) is 66.4 Å². The third kappa shape index (κ3) is 3.58. The molecule has 1 aliphatic carbocycles. The summed E-state index contributed by atoms with van der Waals surface area (Å²) in [5.74, 6) is -1.28. The summed E-state index contributed by atoms with van der Waals surface area (Å²) in [6.45, 7) is 8.63. The van der Waals surface area contributed by atoms with Crippen LogP contribution in [0, 0.1) is 5.41 Å². The molecule has 4 nitrogen and oxygen atoms in total. The predicted octanol–water partition coefficient (Wildman–Crippen LogP) is 5.71. The van der Waals surface area contributed by atoms with Crippen LogP contribution in [-0.4, -0.2) is 17.0 Å². The van der Waals surface area contributed by atoms with Crippen LogP contribution in [0.15, 0.2) is 28.7 Å². The van der Waals surface area contributed by atoms with E-state index in [1.807, 2.05) is 0 Å². The van der Waals surface area contributed by atoms with Crippen molar-refractivity contribution < 1.29 is 14.7 Å². The minimum absolute atomic E-state index is 0.0226. The zero-order chi connectivity index (χ0) is 19.3. The lowest BCUT2D eigenvalue weighted by molar-refractivity contribution is 0.0696. The predicted molar refractivity (Wildman–Crippen MR) is 109 cm³/mol. The Morgan fingerprint density at radius 1 is 1.15 bits per heavy atom. The average molecular weight is 436 g/mol. The Labute approximate surface area is 165 Å². The smallest absolute Gasteiger partial charge is 0.339 e. The molecule has 138 valence electrons. The molecule has 1 amide bonds. The fourth-order valence-corrected chi connectivity index (χ4v) is 5.66. The normalized spacial score (nSPS) is 17.4. The van der Waals surface area contributed by atoms with E-state index in [0.717, 1.165) is 21.3 Å². The Balaban J connectivity index is 2.03. The number of carbonyl (C=O) groups excluding carboxylic acids is 1. The van der Waals surface area contributed by atoms with Crippen molar-refractivity contribution in [2.24, 2.45) is 5.41 Å². The van der Waals surface area contributed by atoms with E-state index >= 15 is 0 Å². The quantitative estimate of drug-likeness (QED) is 0.648. The maximum atomic E-state index is 12.6. The standard InChI is InChI=1S/C20H22BrNO3S/c1-19(2)9-13-14(18(24)25)17(26-15(13)20(3,4)10-19)22-16(23)11-5-7-12(21)8-6-11/h5-8H,9-10H2,1-4H3,(H,22,23)(H,24,25). The maximum absolute atomic E-state index is 12.6. The van der Waals surface area contributed by atoms with E-state index in [4.69, 9.17) is 0 Å². The Bertz CT molecular complexity index is 881. The minimum Gasteiger partial charge on any atom is -0.478 e. The van der Waals surface area contributed by atoms with Crippen molar-refractivity contribution >= 4 is 44.1 Å². The minimum atomic E-state index is -0.984. The summed E-state index contributed by atoms with van der Waals surface area (Å²) in [7, 11) is 0. The first-order valence-corrected chi connectivity index (χ1v) is 10.1. The van der Waals surface area contributed by atoms with Gasteiger partial charge < -0.3 is 10.4 Å². The molecule has 0 saturated carbocycles. The van der Waals surface area contributed by atoms with E-state index in [1.54, 1.807) is 24.3 Å². The highest BCUT2D eigenvalue weighted by molar-refractivity contribution is 9.10. The number of anilines is 1. The number of nitrogens with one attached hydrogen (secondary N) is 1. The van der Waals surface area contributed by atoms with Crippen molar-refractivity contribution in [2.75, 3.05) is 5.32 Å². The van der Waals surface area contributed by atoms with Crippen molar-refractivity contribution in [3.63, 3.8) is 0 Å². The van der Waals surface area contributed by atoms with Gasteiger partial charge in [-0.2, -0.15) is 0 Å². The highest BCUT2D eigenvalue weighted by Crippen LogP contribution is 2.52. The zero-order valence-electron chi connectivity index (χ0n) is 15.3. The van der Waals surface area contributed by atoms with E-state index in [-0.39, 0.29) is 22.3 Å². The molecule has 0 aliphatic heterocycles. The lowest BCUT2D eigenvalue weighted by Crippen LogP contribution is -2.34. The van der Waals surface area contributed by atoms with Crippen LogP contribution in [0.2, 0.25) is 0 Å². The summed E-state index contributed by atoms with van der Waals surface area (Å²) < 4.78 is 0.885. The molecule has 0 saturated heterocycles. The molecule has 2 N–H and O–H groups in total. The SMILES string of the molecule is CC1(C)Cc2c(sc(NC(=O)c3ccc(Br)cc3)c2C(=O)O)C(C)(C)C1. The lowest BCUT2D eigenvalue weighted by Gasteiger charge is -2.40. The van der Waals surface area contributed by atoms with Crippen LogP contribution in [0.3, 0.4) is 0 Å². The van der Waals surface area contributed by atoms with Gasteiger partial charge in [0.15, 0.2) is 0 Å². The van der Waals surface area contributed by atoms with Gasteiger partial charge in [0, 0.05) is 14.9 Å². The number of fused-ring (bicyclic) bond motifs is 1. The molecule has 0 radical (unpaired) electrons. The van der Waals surface area contributed by atoms with Gasteiger partial charge in [-0.25, -0.2) is 4.79 Å². The molecule has 1 aromatic heterocycles. The molecule has 2 aromatic rings. The fourth-order valence-electron chi connectivity index (χ4n) is 4.09. The summed E-state index contributed by atoms with van der Waals surface area (Å²) in [4.78, 5) is 25.6. The summed E-state index contributed by atoms with van der Waals surface area (Å²) in [6, 6.07) is 7.00. The van der Waals surface area contributed by atoms with Crippen molar-refractivity contribution in [3.05, 3.63) is 50.3 Å². The molecule has 1 aliphatic rings. The summed E-state index contributed by atoms with van der Waals surface area (Å²) in [5, 5.41) is 13.1. The Morgan fingerprint density at radius 2 is 1.77 bits per heavy atom. The van der Waals surface area contributed by atoms with Gasteiger partial charge in [0.25, 0.3) is 5.91 Å². The van der Waals surface area contributed by atoms with Crippen LogP contribution in [0.4, 0.5) is 5.00 Å². The van der Waals surface area contributed by atoms with E-state index < -0.39 is 5.97 Å². The number of halogens is 1. The molecule has 6 heteroatoms. The molecule has 0 fully saturated rings. The first-order valence-electron chi connectivity index (χ1n) is 8.46. The number of aromatic carboxylic acids is 1. The fraction of sp³-hybridized carbons (Fsp3) is 0.400. The number of rotatable bonds is 3. The molecular formula is C20H22BrNO3S. The number of benzene rings is 1. The summed E-state index contributed by atoms with van der Waals surface area (Å²) >= 11 is 4.75. The van der Waals surface area contributed by atoms with Crippen molar-refractivity contribution in [2.45, 2.75) is 46.0 Å². The van der Waals surface area contributed by atoms with Gasteiger partial charge in [0.1, 0.15) is 5.00 Å². The molecule has 0 unspecified atom stereocenters. The number of carboxylic acid groups (broad SMARTS) is 1. The van der Waals surface area contributed by atoms with Gasteiger partial charge in [-0.15, -0.1) is 11.3 Å². The van der Waals surface area contributed by atoms with E-state index in [2.05, 4.69) is 48.9 Å². The van der Waals surface area contributed by atoms with E-state index in [9.17, 15) is 14.7 Å². The number of carbonyl (C=O) groups is 2. The molecule has 3 rings (SSSR count). The third-order valence-corrected chi connectivity index (χ3v) is 6.79. The second-order valence-corrected chi connectivity index (χ2v) is 10.2. The molecule has 0 atom stereocenters. The zero-order valence-corrected chi connectivity index (χ0v) is 17.7. The molecule has 0 bridgehead atoms. The van der Waals surface area contributed by atoms with Gasteiger partial charge in [-0.1, -0.05) is 43.6 Å². The van der Waals surface area contributed by atoms with Crippen molar-refractivity contribution in [1.82, 2.24) is 0 Å². The number of thiophene rings is 1. The highest BCUT2D eigenvalue weighted by atomic mass is 79.9. The molecule has 0 spiro atoms. The van der Waals surface area contributed by atoms with E-state index in [0.29, 0.717) is 17.0 Å². The number of carboxylic acids is 1. The molecule has 1 heterocycles. The van der Waals surface area contributed by atoms with Gasteiger partial charge in [0.2, 0.25) is 0 Å². The number of amides is 1. The Kier molecular flexibility index (Phi) is 4.78. The van der Waals surface area contributed by atoms with Crippen LogP contribution < -0.4 is 5.32 Å². The second kappa shape index (κ2) is 6.50. The van der Waals surface area contributed by atoms with Crippen LogP contribution >= 0.6 is 27.3 Å². The average Bonchev–Trinajstić information content (AvgIpc) is 2.84. The second-order valence-electron chi connectivity index (χ2n) is 8.28. The third-order valence-electron chi connectivity index (χ3n) is 4.74. The Hall–Kier alpha value is -1.66. The first kappa shape index (κ1) is 19.1. The maximum Gasteiger partial charge on any atom is 0.339 e. The lowest BCUT2D eigenvalue weighted by atomic mass is 9.65. The van der Waals surface area contributed by atoms with Crippen LogP contribution in [0.1, 0.15) is 65.3 Å². The summed E-state index contributed by atoms with van der Waals surface area (Å²) in [6.07, 6.45) is 1.69. The first-order chi connectivity index (χ1) is 12.0. The van der Waals surface area contributed by atoms with Crippen molar-refractivity contribution in [1.29, 1.82) is 0 Å². The summed E-state index contributed by atoms with van der Waals surface area (Å²) in [5.41, 5.74) is 1.52. The van der Waals surface area contributed by atoms with Gasteiger partial charge >= 0.3 is 5.97 Å². The monoisotopic (exact) mass is 435 g/mol. The van der Waals surface area contributed by atoms with E-state index in [1.165, 1.54) is 11.3 Å². The van der Waals surface area contributed by atoms with Gasteiger partial charge in [-0.05, 0) is 53.5 Å². The molecule has 26 heavy (non-hydrogen) atoms. The largest absolute Gasteiger partial charge is 0.478 e. The van der Waals surface area contributed by atoms with Gasteiger partial charge in [0.05, 0.1) is 5.56 Å². The molecular weight excluding hydrogens is 414 g/mol. The van der Waals surface area contributed by atoms with Crippen LogP contribution in [0.5, 0.6) is 0 Å². The van der Waals surface area contributed by atoms with Crippen LogP contribution in [0.25, 0.3) is 0 Å². The molecule has 1 aromatic carbocycles. The number of hydrogen-bond donors (Lipinski definition) is 2. The van der Waals surface area contributed by atoms with Crippen molar-refractivity contribution in [3.8, 4) is 0 Å².